The molecule has 0 aliphatic carbocycles. The Labute approximate surface area is 151 Å². The van der Waals surface area contributed by atoms with Crippen LogP contribution in [-0.4, -0.2) is 31.3 Å². The SMILES string of the molecule is C[C@H](NC(=O)COc1ccccc1)C(=O)NCc1ccc2c(c1)OCO2. The third kappa shape index (κ3) is 4.66. The normalized spacial score (nSPS) is 13.0. The number of nitrogens with one attached hydrogen (secondary N) is 2. The van der Waals surface area contributed by atoms with E-state index in [9.17, 15) is 9.59 Å². The molecule has 1 heterocycles. The highest BCUT2D eigenvalue weighted by atomic mass is 16.7. The molecule has 3 rings (SSSR count). The molecule has 0 saturated heterocycles. The maximum Gasteiger partial charge on any atom is 0.258 e. The summed E-state index contributed by atoms with van der Waals surface area (Å²) in [5.74, 6) is 1.31. The van der Waals surface area contributed by atoms with E-state index in [4.69, 9.17) is 14.2 Å². The van der Waals surface area contributed by atoms with E-state index in [0.29, 0.717) is 23.8 Å². The van der Waals surface area contributed by atoms with Crippen LogP contribution in [0.15, 0.2) is 48.5 Å². The van der Waals surface area contributed by atoms with Gasteiger partial charge in [-0.2, -0.15) is 0 Å². The molecule has 1 atom stereocenters. The van der Waals surface area contributed by atoms with Gasteiger partial charge in [0.15, 0.2) is 18.1 Å². The number of carbonyl (C=O) groups is 2. The van der Waals surface area contributed by atoms with Crippen molar-refractivity contribution in [2.75, 3.05) is 13.4 Å². The van der Waals surface area contributed by atoms with Gasteiger partial charge in [-0.05, 0) is 36.8 Å². The van der Waals surface area contributed by atoms with Crippen LogP contribution < -0.4 is 24.8 Å². The lowest BCUT2D eigenvalue weighted by Crippen LogP contribution is -2.46. The Morgan fingerprint density at radius 2 is 1.88 bits per heavy atom. The number of rotatable bonds is 7. The van der Waals surface area contributed by atoms with Gasteiger partial charge < -0.3 is 24.8 Å². The highest BCUT2D eigenvalue weighted by Gasteiger charge is 2.17. The number of benzene rings is 2. The van der Waals surface area contributed by atoms with Crippen LogP contribution in [0.4, 0.5) is 0 Å². The van der Waals surface area contributed by atoms with E-state index in [0.717, 1.165) is 5.56 Å². The predicted molar refractivity (Wildman–Crippen MR) is 94.0 cm³/mol. The molecule has 26 heavy (non-hydrogen) atoms. The highest BCUT2D eigenvalue weighted by Crippen LogP contribution is 2.32. The van der Waals surface area contributed by atoms with Gasteiger partial charge in [-0.25, -0.2) is 0 Å². The van der Waals surface area contributed by atoms with Gasteiger partial charge in [0.05, 0.1) is 0 Å². The zero-order valence-electron chi connectivity index (χ0n) is 14.4. The van der Waals surface area contributed by atoms with Crippen LogP contribution in [0.5, 0.6) is 17.2 Å². The molecule has 2 aromatic carbocycles. The number of amides is 2. The van der Waals surface area contributed by atoms with Crippen molar-refractivity contribution in [3.63, 3.8) is 0 Å². The first kappa shape index (κ1) is 17.6. The maximum atomic E-state index is 12.1. The third-order valence-electron chi connectivity index (χ3n) is 3.79. The molecular formula is C19H20N2O5. The van der Waals surface area contributed by atoms with Crippen molar-refractivity contribution in [2.45, 2.75) is 19.5 Å². The Morgan fingerprint density at radius 1 is 1.12 bits per heavy atom. The van der Waals surface area contributed by atoms with Crippen LogP contribution in [-0.2, 0) is 16.1 Å². The van der Waals surface area contributed by atoms with Crippen molar-refractivity contribution >= 4 is 11.8 Å². The second kappa shape index (κ2) is 8.24. The summed E-state index contributed by atoms with van der Waals surface area (Å²) in [4.78, 5) is 24.0. The largest absolute Gasteiger partial charge is 0.484 e. The summed E-state index contributed by atoms with van der Waals surface area (Å²) in [6.07, 6.45) is 0. The maximum absolute atomic E-state index is 12.1. The number of hydrogen-bond donors (Lipinski definition) is 2. The third-order valence-corrected chi connectivity index (χ3v) is 3.79. The van der Waals surface area contributed by atoms with Crippen molar-refractivity contribution in [1.82, 2.24) is 10.6 Å². The molecule has 2 aromatic rings. The Morgan fingerprint density at radius 3 is 2.69 bits per heavy atom. The van der Waals surface area contributed by atoms with E-state index in [1.165, 1.54) is 0 Å². The van der Waals surface area contributed by atoms with Gasteiger partial charge in [-0.15, -0.1) is 0 Å². The standard InChI is InChI=1S/C19H20N2O5/c1-13(21-18(22)11-24-15-5-3-2-4-6-15)19(23)20-10-14-7-8-16-17(9-14)26-12-25-16/h2-9,13H,10-12H2,1H3,(H,20,23)(H,21,22)/t13-/m0/s1. The summed E-state index contributed by atoms with van der Waals surface area (Å²) in [6.45, 7) is 2.01. The molecule has 0 aromatic heterocycles. The highest BCUT2D eigenvalue weighted by molar-refractivity contribution is 5.87. The zero-order chi connectivity index (χ0) is 18.4. The summed E-state index contributed by atoms with van der Waals surface area (Å²) in [5, 5.41) is 5.39. The molecule has 0 spiro atoms. The van der Waals surface area contributed by atoms with Crippen molar-refractivity contribution < 1.29 is 23.8 Å². The Balaban J connectivity index is 1.42. The van der Waals surface area contributed by atoms with Crippen LogP contribution >= 0.6 is 0 Å². The lowest BCUT2D eigenvalue weighted by Gasteiger charge is -2.14. The Kier molecular flexibility index (Phi) is 5.58. The van der Waals surface area contributed by atoms with Crippen molar-refractivity contribution in [1.29, 1.82) is 0 Å². The van der Waals surface area contributed by atoms with Crippen molar-refractivity contribution in [3.8, 4) is 17.2 Å². The van der Waals surface area contributed by atoms with Crippen molar-refractivity contribution in [2.24, 2.45) is 0 Å². The van der Waals surface area contributed by atoms with Gasteiger partial charge in [-0.1, -0.05) is 24.3 Å². The fourth-order valence-electron chi connectivity index (χ4n) is 2.41. The van der Waals surface area contributed by atoms with E-state index in [2.05, 4.69) is 10.6 Å². The number of hydrogen-bond acceptors (Lipinski definition) is 5. The first-order valence-corrected chi connectivity index (χ1v) is 8.25. The Bertz CT molecular complexity index is 779. The lowest BCUT2D eigenvalue weighted by molar-refractivity contribution is -0.129. The van der Waals surface area contributed by atoms with Crippen LogP contribution in [0.3, 0.4) is 0 Å². The summed E-state index contributed by atoms with van der Waals surface area (Å²) in [7, 11) is 0. The molecule has 0 fully saturated rings. The topological polar surface area (TPSA) is 85.9 Å². The average Bonchev–Trinajstić information content (AvgIpc) is 3.13. The van der Waals surface area contributed by atoms with Gasteiger partial charge >= 0.3 is 0 Å². The number of carbonyl (C=O) groups excluding carboxylic acids is 2. The molecule has 7 nitrogen and oxygen atoms in total. The van der Waals surface area contributed by atoms with Crippen LogP contribution in [0.1, 0.15) is 12.5 Å². The lowest BCUT2D eigenvalue weighted by atomic mass is 10.2. The van der Waals surface area contributed by atoms with Gasteiger partial charge in [-0.3, -0.25) is 9.59 Å². The van der Waals surface area contributed by atoms with E-state index >= 15 is 0 Å². The second-order valence-corrected chi connectivity index (χ2v) is 5.80. The van der Waals surface area contributed by atoms with Gasteiger partial charge in [0.25, 0.3) is 5.91 Å². The van der Waals surface area contributed by atoms with Crippen molar-refractivity contribution in [3.05, 3.63) is 54.1 Å². The van der Waals surface area contributed by atoms with E-state index < -0.39 is 6.04 Å². The first-order chi connectivity index (χ1) is 12.6. The van der Waals surface area contributed by atoms with Gasteiger partial charge in [0, 0.05) is 6.54 Å². The summed E-state index contributed by atoms with van der Waals surface area (Å²) in [5.41, 5.74) is 0.883. The minimum atomic E-state index is -0.670. The molecule has 7 heteroatoms. The molecule has 0 saturated carbocycles. The minimum Gasteiger partial charge on any atom is -0.484 e. The average molecular weight is 356 g/mol. The van der Waals surface area contributed by atoms with Crippen LogP contribution in [0, 0.1) is 0 Å². The number of ether oxygens (including phenoxy) is 3. The fraction of sp³-hybridized carbons (Fsp3) is 0.263. The first-order valence-electron chi connectivity index (χ1n) is 8.25. The molecule has 1 aliphatic rings. The number of para-hydroxylation sites is 1. The van der Waals surface area contributed by atoms with Crippen LogP contribution in [0.2, 0.25) is 0 Å². The summed E-state index contributed by atoms with van der Waals surface area (Å²) < 4.78 is 15.9. The minimum absolute atomic E-state index is 0.149. The smallest absolute Gasteiger partial charge is 0.258 e. The molecule has 0 bridgehead atoms. The van der Waals surface area contributed by atoms with Gasteiger partial charge in [0.2, 0.25) is 12.7 Å². The molecular weight excluding hydrogens is 336 g/mol. The Hall–Kier alpha value is -3.22. The monoisotopic (exact) mass is 356 g/mol. The van der Waals surface area contributed by atoms with E-state index in [1.807, 2.05) is 30.3 Å². The van der Waals surface area contributed by atoms with Gasteiger partial charge in [0.1, 0.15) is 11.8 Å². The molecule has 136 valence electrons. The molecule has 0 unspecified atom stereocenters. The quantitative estimate of drug-likeness (QED) is 0.787. The number of fused-ring (bicyclic) bond motifs is 1. The molecule has 2 N–H and O–H groups in total. The predicted octanol–water partition coefficient (Wildman–Crippen LogP) is 1.62. The molecule has 1 aliphatic heterocycles. The summed E-state index contributed by atoms with van der Waals surface area (Å²) >= 11 is 0. The second-order valence-electron chi connectivity index (χ2n) is 5.80. The summed E-state index contributed by atoms with van der Waals surface area (Å²) in [6, 6.07) is 13.8. The fourth-order valence-corrected chi connectivity index (χ4v) is 2.41. The van der Waals surface area contributed by atoms with Crippen LogP contribution in [0.25, 0.3) is 0 Å². The molecule has 2 amide bonds. The van der Waals surface area contributed by atoms with E-state index in [1.54, 1.807) is 25.1 Å². The molecule has 0 radical (unpaired) electrons. The van der Waals surface area contributed by atoms with E-state index in [-0.39, 0.29) is 25.2 Å². The zero-order valence-corrected chi connectivity index (χ0v) is 14.4.